The molecule has 0 heterocycles. The molecule has 1 aliphatic rings. The largest absolute Gasteiger partial charge is 0.480 e. The number of benzene rings is 1. The van der Waals surface area contributed by atoms with E-state index in [1.54, 1.807) is 19.1 Å². The van der Waals surface area contributed by atoms with E-state index < -0.39 is 11.5 Å². The van der Waals surface area contributed by atoms with Crippen LogP contribution in [0.2, 0.25) is 0 Å². The average Bonchev–Trinajstić information content (AvgIpc) is 3.22. The number of aliphatic carboxylic acids is 1. The van der Waals surface area contributed by atoms with E-state index in [-0.39, 0.29) is 11.8 Å². The SMILES string of the molecule is CCc1ccccc1C(=O)NC(C)(C(=O)O)C1CC1. The Kier molecular flexibility index (Phi) is 3.60. The number of carboxylic acid groups (broad SMARTS) is 1. The van der Waals surface area contributed by atoms with Crippen molar-refractivity contribution < 1.29 is 14.7 Å². The third-order valence-corrected chi connectivity index (χ3v) is 3.85. The molecule has 0 aliphatic heterocycles. The molecule has 1 unspecified atom stereocenters. The highest BCUT2D eigenvalue weighted by molar-refractivity contribution is 5.99. The molecule has 0 radical (unpaired) electrons. The lowest BCUT2D eigenvalue weighted by atomic mass is 9.94. The molecule has 1 saturated carbocycles. The number of carboxylic acids is 1. The van der Waals surface area contributed by atoms with E-state index in [2.05, 4.69) is 5.32 Å². The van der Waals surface area contributed by atoms with Crippen LogP contribution in [-0.4, -0.2) is 22.5 Å². The first-order valence-corrected chi connectivity index (χ1v) is 6.63. The number of aryl methyl sites for hydroxylation is 1. The second kappa shape index (κ2) is 5.03. The molecule has 1 aliphatic carbocycles. The maximum Gasteiger partial charge on any atom is 0.329 e. The quantitative estimate of drug-likeness (QED) is 0.854. The van der Waals surface area contributed by atoms with Crippen LogP contribution in [0.1, 0.15) is 42.6 Å². The van der Waals surface area contributed by atoms with Gasteiger partial charge in [0.2, 0.25) is 0 Å². The zero-order valence-electron chi connectivity index (χ0n) is 11.3. The van der Waals surface area contributed by atoms with Gasteiger partial charge in [-0.05, 0) is 43.7 Å². The summed E-state index contributed by atoms with van der Waals surface area (Å²) in [4.78, 5) is 23.7. The highest BCUT2D eigenvalue weighted by Gasteiger charge is 2.48. The summed E-state index contributed by atoms with van der Waals surface area (Å²) in [6.45, 7) is 3.57. The molecule has 1 aromatic carbocycles. The van der Waals surface area contributed by atoms with Crippen LogP contribution in [0, 0.1) is 5.92 Å². The molecule has 19 heavy (non-hydrogen) atoms. The molecule has 2 rings (SSSR count). The molecule has 0 bridgehead atoms. The van der Waals surface area contributed by atoms with Crippen LogP contribution in [0.4, 0.5) is 0 Å². The molecule has 102 valence electrons. The minimum atomic E-state index is -1.15. The van der Waals surface area contributed by atoms with Crippen molar-refractivity contribution in [3.8, 4) is 0 Å². The monoisotopic (exact) mass is 261 g/mol. The summed E-state index contributed by atoms with van der Waals surface area (Å²) in [6, 6.07) is 7.31. The summed E-state index contributed by atoms with van der Waals surface area (Å²) in [7, 11) is 0. The minimum Gasteiger partial charge on any atom is -0.480 e. The van der Waals surface area contributed by atoms with E-state index in [0.29, 0.717) is 5.56 Å². The van der Waals surface area contributed by atoms with Crippen molar-refractivity contribution in [1.29, 1.82) is 0 Å². The molecule has 1 atom stereocenters. The van der Waals surface area contributed by atoms with Gasteiger partial charge in [-0.2, -0.15) is 0 Å². The summed E-state index contributed by atoms with van der Waals surface area (Å²) in [5.41, 5.74) is 0.347. The topological polar surface area (TPSA) is 66.4 Å². The summed E-state index contributed by atoms with van der Waals surface area (Å²) >= 11 is 0. The number of carbonyl (C=O) groups excluding carboxylic acids is 1. The van der Waals surface area contributed by atoms with Crippen molar-refractivity contribution in [3.05, 3.63) is 35.4 Å². The molecule has 1 fully saturated rings. The fraction of sp³-hybridized carbons (Fsp3) is 0.467. The Balaban J connectivity index is 2.22. The molecule has 4 heteroatoms. The summed E-state index contributed by atoms with van der Waals surface area (Å²) in [5.74, 6) is -1.21. The van der Waals surface area contributed by atoms with Crippen LogP contribution in [0.5, 0.6) is 0 Å². The van der Waals surface area contributed by atoms with E-state index in [0.717, 1.165) is 24.8 Å². The molecular formula is C15H19NO3. The van der Waals surface area contributed by atoms with E-state index in [9.17, 15) is 14.7 Å². The predicted octanol–water partition coefficient (Wildman–Crippen LogP) is 2.23. The Hall–Kier alpha value is -1.84. The fourth-order valence-corrected chi connectivity index (χ4v) is 2.34. The molecule has 1 aromatic rings. The maximum atomic E-state index is 12.3. The first-order chi connectivity index (χ1) is 8.99. The van der Waals surface area contributed by atoms with Gasteiger partial charge in [-0.25, -0.2) is 4.79 Å². The van der Waals surface area contributed by atoms with E-state index in [1.165, 1.54) is 0 Å². The Morgan fingerprint density at radius 1 is 1.37 bits per heavy atom. The number of hydrogen-bond donors (Lipinski definition) is 2. The predicted molar refractivity (Wildman–Crippen MR) is 72.1 cm³/mol. The van der Waals surface area contributed by atoms with Crippen molar-refractivity contribution in [2.24, 2.45) is 5.92 Å². The van der Waals surface area contributed by atoms with Crippen LogP contribution >= 0.6 is 0 Å². The highest BCUT2D eigenvalue weighted by Crippen LogP contribution is 2.39. The van der Waals surface area contributed by atoms with Gasteiger partial charge in [0.15, 0.2) is 0 Å². The lowest BCUT2D eigenvalue weighted by molar-refractivity contribution is -0.144. The molecule has 0 aromatic heterocycles. The zero-order chi connectivity index (χ0) is 14.0. The molecule has 2 N–H and O–H groups in total. The number of hydrogen-bond acceptors (Lipinski definition) is 2. The van der Waals surface area contributed by atoms with Gasteiger partial charge < -0.3 is 10.4 Å². The Morgan fingerprint density at radius 3 is 2.53 bits per heavy atom. The average molecular weight is 261 g/mol. The molecule has 0 saturated heterocycles. The van der Waals surface area contributed by atoms with Gasteiger partial charge in [-0.1, -0.05) is 25.1 Å². The lowest BCUT2D eigenvalue weighted by Crippen LogP contribution is -2.54. The Bertz CT molecular complexity index is 508. The molecular weight excluding hydrogens is 242 g/mol. The number of rotatable bonds is 5. The second-order valence-corrected chi connectivity index (χ2v) is 5.25. The van der Waals surface area contributed by atoms with Gasteiger partial charge in [0, 0.05) is 5.56 Å². The van der Waals surface area contributed by atoms with Crippen molar-refractivity contribution in [2.75, 3.05) is 0 Å². The molecule has 1 amide bonds. The zero-order valence-corrected chi connectivity index (χ0v) is 11.3. The van der Waals surface area contributed by atoms with Crippen molar-refractivity contribution in [2.45, 2.75) is 38.6 Å². The number of nitrogens with one attached hydrogen (secondary N) is 1. The van der Waals surface area contributed by atoms with Crippen LogP contribution in [0.15, 0.2) is 24.3 Å². The Morgan fingerprint density at radius 2 is 2.00 bits per heavy atom. The van der Waals surface area contributed by atoms with Gasteiger partial charge >= 0.3 is 5.97 Å². The minimum absolute atomic E-state index is 0.0442. The third-order valence-electron chi connectivity index (χ3n) is 3.85. The van der Waals surface area contributed by atoms with E-state index in [1.807, 2.05) is 19.1 Å². The fourth-order valence-electron chi connectivity index (χ4n) is 2.34. The number of carbonyl (C=O) groups is 2. The molecule has 4 nitrogen and oxygen atoms in total. The Labute approximate surface area is 112 Å². The third kappa shape index (κ3) is 2.62. The smallest absolute Gasteiger partial charge is 0.329 e. The van der Waals surface area contributed by atoms with Crippen LogP contribution in [0.3, 0.4) is 0 Å². The van der Waals surface area contributed by atoms with Crippen LogP contribution in [-0.2, 0) is 11.2 Å². The van der Waals surface area contributed by atoms with Gasteiger partial charge in [0.1, 0.15) is 5.54 Å². The molecule has 0 spiro atoms. The first-order valence-electron chi connectivity index (χ1n) is 6.63. The van der Waals surface area contributed by atoms with Crippen molar-refractivity contribution in [1.82, 2.24) is 5.32 Å². The first kappa shape index (κ1) is 13.6. The van der Waals surface area contributed by atoms with E-state index >= 15 is 0 Å². The number of amides is 1. The van der Waals surface area contributed by atoms with Crippen molar-refractivity contribution >= 4 is 11.9 Å². The van der Waals surface area contributed by atoms with Crippen LogP contribution < -0.4 is 5.32 Å². The normalized spacial score (nSPS) is 17.6. The van der Waals surface area contributed by atoms with Gasteiger partial charge in [-0.3, -0.25) is 4.79 Å². The van der Waals surface area contributed by atoms with Crippen LogP contribution in [0.25, 0.3) is 0 Å². The standard InChI is InChI=1S/C15H19NO3/c1-3-10-6-4-5-7-12(10)13(17)16-15(2,14(18)19)11-8-9-11/h4-7,11H,3,8-9H2,1-2H3,(H,16,17)(H,18,19). The summed E-state index contributed by atoms with van der Waals surface area (Å²) < 4.78 is 0. The van der Waals surface area contributed by atoms with E-state index in [4.69, 9.17) is 0 Å². The van der Waals surface area contributed by atoms with Gasteiger partial charge in [-0.15, -0.1) is 0 Å². The maximum absolute atomic E-state index is 12.3. The second-order valence-electron chi connectivity index (χ2n) is 5.25. The highest BCUT2D eigenvalue weighted by atomic mass is 16.4. The summed E-state index contributed by atoms with van der Waals surface area (Å²) in [6.07, 6.45) is 2.47. The van der Waals surface area contributed by atoms with Gasteiger partial charge in [0.05, 0.1) is 0 Å². The van der Waals surface area contributed by atoms with Crippen molar-refractivity contribution in [3.63, 3.8) is 0 Å². The lowest BCUT2D eigenvalue weighted by Gasteiger charge is -2.26. The summed E-state index contributed by atoms with van der Waals surface area (Å²) in [5, 5.41) is 12.1. The van der Waals surface area contributed by atoms with Gasteiger partial charge in [0.25, 0.3) is 5.91 Å².